The van der Waals surface area contributed by atoms with E-state index in [4.69, 9.17) is 5.84 Å². The fourth-order valence-corrected chi connectivity index (χ4v) is 2.25. The molecule has 2 rings (SSSR count). The van der Waals surface area contributed by atoms with Crippen LogP contribution in [0.15, 0.2) is 18.3 Å². The van der Waals surface area contributed by atoms with E-state index in [9.17, 15) is 4.79 Å². The summed E-state index contributed by atoms with van der Waals surface area (Å²) in [5, 5.41) is 2.94. The summed E-state index contributed by atoms with van der Waals surface area (Å²) in [5.74, 6) is 6.24. The second-order valence-electron chi connectivity index (χ2n) is 4.40. The maximum Gasteiger partial charge on any atom is 0.255 e. The van der Waals surface area contributed by atoms with Gasteiger partial charge in [-0.25, -0.2) is 10.8 Å². The quantitative estimate of drug-likeness (QED) is 0.541. The number of hydrogen-bond donors (Lipinski definition) is 3. The number of rotatable bonds is 4. The normalized spacial score (nSPS) is 15.8. The molecule has 4 N–H and O–H groups in total. The Hall–Kier alpha value is -1.62. The van der Waals surface area contributed by atoms with Crippen LogP contribution in [0.25, 0.3) is 0 Å². The lowest BCUT2D eigenvalue weighted by molar-refractivity contribution is 0.0948. The third kappa shape index (κ3) is 2.94. The first kappa shape index (κ1) is 11.9. The first-order valence-corrected chi connectivity index (χ1v) is 6.01. The number of carbonyl (C=O) groups excluding carboxylic acids is 1. The number of pyridine rings is 1. The van der Waals surface area contributed by atoms with Gasteiger partial charge in [-0.3, -0.25) is 4.79 Å². The number of amides is 1. The predicted octanol–water partition coefficient (Wildman–Crippen LogP) is 1.29. The molecule has 0 bridgehead atoms. The van der Waals surface area contributed by atoms with Gasteiger partial charge in [0.05, 0.1) is 5.56 Å². The van der Waals surface area contributed by atoms with Gasteiger partial charge in [0.1, 0.15) is 0 Å². The van der Waals surface area contributed by atoms with Crippen LogP contribution >= 0.6 is 0 Å². The Morgan fingerprint density at radius 3 is 2.94 bits per heavy atom. The van der Waals surface area contributed by atoms with Gasteiger partial charge in [0.2, 0.25) is 0 Å². The van der Waals surface area contributed by atoms with E-state index in [1.807, 2.05) is 0 Å². The lowest BCUT2D eigenvalue weighted by Crippen LogP contribution is -2.29. The number of carbonyl (C=O) groups is 1. The molecule has 1 fully saturated rings. The Balaban J connectivity index is 1.94. The molecule has 1 aromatic rings. The van der Waals surface area contributed by atoms with Crippen LogP contribution in [0.1, 0.15) is 36.0 Å². The Morgan fingerprint density at radius 1 is 1.47 bits per heavy atom. The molecule has 0 unspecified atom stereocenters. The van der Waals surface area contributed by atoms with Gasteiger partial charge in [-0.1, -0.05) is 12.8 Å². The number of nitrogen functional groups attached to an aromatic ring is 1. The Kier molecular flexibility index (Phi) is 3.93. The molecule has 0 atom stereocenters. The summed E-state index contributed by atoms with van der Waals surface area (Å²) in [6.07, 6.45) is 6.60. The van der Waals surface area contributed by atoms with Crippen LogP contribution < -0.4 is 16.6 Å². The largest absolute Gasteiger partial charge is 0.352 e. The van der Waals surface area contributed by atoms with Gasteiger partial charge in [0, 0.05) is 12.7 Å². The van der Waals surface area contributed by atoms with Gasteiger partial charge in [-0.05, 0) is 30.9 Å². The highest BCUT2D eigenvalue weighted by Crippen LogP contribution is 2.23. The summed E-state index contributed by atoms with van der Waals surface area (Å²) in [6.45, 7) is 0.748. The molecular weight excluding hydrogens is 216 g/mol. The average molecular weight is 234 g/mol. The number of anilines is 1. The van der Waals surface area contributed by atoms with Gasteiger partial charge in [0.25, 0.3) is 5.91 Å². The minimum Gasteiger partial charge on any atom is -0.352 e. The smallest absolute Gasteiger partial charge is 0.255 e. The van der Waals surface area contributed by atoms with E-state index in [-0.39, 0.29) is 5.91 Å². The van der Waals surface area contributed by atoms with Crippen LogP contribution in [-0.4, -0.2) is 17.4 Å². The topological polar surface area (TPSA) is 80.0 Å². The second-order valence-corrected chi connectivity index (χ2v) is 4.40. The Labute approximate surface area is 101 Å². The van der Waals surface area contributed by atoms with Crippen LogP contribution in [-0.2, 0) is 0 Å². The van der Waals surface area contributed by atoms with Crippen molar-refractivity contribution in [1.29, 1.82) is 0 Å². The third-order valence-electron chi connectivity index (χ3n) is 3.22. The molecule has 0 aliphatic heterocycles. The molecule has 0 saturated heterocycles. The summed E-state index contributed by atoms with van der Waals surface area (Å²) >= 11 is 0. The van der Waals surface area contributed by atoms with Crippen LogP contribution in [0.3, 0.4) is 0 Å². The van der Waals surface area contributed by atoms with Crippen LogP contribution in [0.4, 0.5) is 5.82 Å². The van der Waals surface area contributed by atoms with Crippen molar-refractivity contribution in [2.45, 2.75) is 25.7 Å². The number of hydrazine groups is 1. The number of nitrogens with one attached hydrogen (secondary N) is 2. The molecule has 1 aliphatic carbocycles. The lowest BCUT2D eigenvalue weighted by atomic mass is 10.1. The van der Waals surface area contributed by atoms with Crippen molar-refractivity contribution in [2.24, 2.45) is 11.8 Å². The minimum atomic E-state index is -0.113. The maximum atomic E-state index is 11.9. The van der Waals surface area contributed by atoms with E-state index >= 15 is 0 Å². The van der Waals surface area contributed by atoms with Crippen molar-refractivity contribution in [3.05, 3.63) is 23.9 Å². The van der Waals surface area contributed by atoms with Crippen molar-refractivity contribution in [1.82, 2.24) is 10.3 Å². The molecule has 1 amide bonds. The molecule has 1 heterocycles. The van der Waals surface area contributed by atoms with E-state index < -0.39 is 0 Å². The van der Waals surface area contributed by atoms with E-state index in [0.717, 1.165) is 6.54 Å². The first-order chi connectivity index (χ1) is 8.31. The molecule has 1 aromatic heterocycles. The molecule has 1 saturated carbocycles. The zero-order valence-corrected chi connectivity index (χ0v) is 9.78. The highest BCUT2D eigenvalue weighted by Gasteiger charge is 2.17. The monoisotopic (exact) mass is 234 g/mol. The van der Waals surface area contributed by atoms with Crippen LogP contribution in [0.5, 0.6) is 0 Å². The highest BCUT2D eigenvalue weighted by molar-refractivity contribution is 5.98. The van der Waals surface area contributed by atoms with Gasteiger partial charge in [-0.2, -0.15) is 0 Å². The summed E-state index contributed by atoms with van der Waals surface area (Å²) < 4.78 is 0. The van der Waals surface area contributed by atoms with Crippen LogP contribution in [0.2, 0.25) is 0 Å². The predicted molar refractivity (Wildman–Crippen MR) is 66.3 cm³/mol. The van der Waals surface area contributed by atoms with Gasteiger partial charge in [0.15, 0.2) is 5.82 Å². The summed E-state index contributed by atoms with van der Waals surface area (Å²) in [7, 11) is 0. The minimum absolute atomic E-state index is 0.113. The average Bonchev–Trinajstić information content (AvgIpc) is 2.89. The Bertz CT molecular complexity index is 388. The zero-order chi connectivity index (χ0) is 12.1. The van der Waals surface area contributed by atoms with Crippen LogP contribution in [0, 0.1) is 5.92 Å². The van der Waals surface area contributed by atoms with Crippen molar-refractivity contribution in [2.75, 3.05) is 12.0 Å². The van der Waals surface area contributed by atoms with Gasteiger partial charge < -0.3 is 10.7 Å². The summed E-state index contributed by atoms with van der Waals surface area (Å²) in [6, 6.07) is 3.44. The third-order valence-corrected chi connectivity index (χ3v) is 3.22. The summed E-state index contributed by atoms with van der Waals surface area (Å²) in [5.41, 5.74) is 2.93. The molecule has 92 valence electrons. The standard InChI is InChI=1S/C12H18N4O/c13-16-11-10(6-3-7-14-11)12(17)15-8-9-4-1-2-5-9/h3,6-7,9H,1-2,4-5,8,13H2,(H,14,16)(H,15,17). The van der Waals surface area contributed by atoms with Crippen molar-refractivity contribution < 1.29 is 4.79 Å². The van der Waals surface area contributed by atoms with Gasteiger partial charge in [-0.15, -0.1) is 0 Å². The number of hydrogen-bond acceptors (Lipinski definition) is 4. The molecule has 1 aliphatic rings. The van der Waals surface area contributed by atoms with E-state index in [1.54, 1.807) is 18.3 Å². The molecule has 5 heteroatoms. The zero-order valence-electron chi connectivity index (χ0n) is 9.78. The molecular formula is C12H18N4O. The lowest BCUT2D eigenvalue weighted by Gasteiger charge is -2.12. The Morgan fingerprint density at radius 2 is 2.24 bits per heavy atom. The molecule has 5 nitrogen and oxygen atoms in total. The summed E-state index contributed by atoms with van der Waals surface area (Å²) in [4.78, 5) is 15.9. The van der Waals surface area contributed by atoms with E-state index in [1.165, 1.54) is 25.7 Å². The fourth-order valence-electron chi connectivity index (χ4n) is 2.25. The van der Waals surface area contributed by atoms with E-state index in [0.29, 0.717) is 17.3 Å². The first-order valence-electron chi connectivity index (χ1n) is 6.01. The molecule has 0 aromatic carbocycles. The fraction of sp³-hybridized carbons (Fsp3) is 0.500. The van der Waals surface area contributed by atoms with Crippen molar-refractivity contribution in [3.63, 3.8) is 0 Å². The maximum absolute atomic E-state index is 11.9. The molecule has 0 radical (unpaired) electrons. The molecule has 17 heavy (non-hydrogen) atoms. The molecule has 0 spiro atoms. The highest BCUT2D eigenvalue weighted by atomic mass is 16.1. The van der Waals surface area contributed by atoms with Gasteiger partial charge >= 0.3 is 0 Å². The van der Waals surface area contributed by atoms with E-state index in [2.05, 4.69) is 15.7 Å². The SMILES string of the molecule is NNc1ncccc1C(=O)NCC1CCCC1. The second kappa shape index (κ2) is 5.63. The number of aromatic nitrogens is 1. The van der Waals surface area contributed by atoms with Crippen molar-refractivity contribution in [3.8, 4) is 0 Å². The number of nitrogens with zero attached hydrogens (tertiary/aromatic N) is 1. The number of nitrogens with two attached hydrogens (primary N) is 1. The van der Waals surface area contributed by atoms with Crippen molar-refractivity contribution >= 4 is 11.7 Å².